The highest BCUT2D eigenvalue weighted by Gasteiger charge is 2.26. The molecule has 0 spiro atoms. The average Bonchev–Trinajstić information content (AvgIpc) is 2.78. The monoisotopic (exact) mass is 438 g/mol. The molecule has 0 aromatic heterocycles. The Morgan fingerprint density at radius 1 is 0.935 bits per heavy atom. The molecule has 6 heteroatoms. The maximum absolute atomic E-state index is 13.3. The first-order valence-corrected chi connectivity index (χ1v) is 10.4. The quantitative estimate of drug-likeness (QED) is 0.551. The van der Waals surface area contributed by atoms with Gasteiger partial charge in [0.05, 0.1) is 6.42 Å². The second kappa shape index (κ2) is 10.7. The second-order valence-corrected chi connectivity index (χ2v) is 7.70. The number of halogens is 2. The van der Waals surface area contributed by atoms with Gasteiger partial charge in [-0.15, -0.1) is 0 Å². The van der Waals surface area contributed by atoms with Gasteiger partial charge in [0.15, 0.2) is 0 Å². The van der Waals surface area contributed by atoms with Crippen LogP contribution in [0.2, 0.25) is 5.02 Å². The van der Waals surface area contributed by atoms with Gasteiger partial charge in [0.2, 0.25) is 11.8 Å². The van der Waals surface area contributed by atoms with Crippen molar-refractivity contribution in [1.29, 1.82) is 0 Å². The van der Waals surface area contributed by atoms with Crippen molar-refractivity contribution in [3.8, 4) is 0 Å². The largest absolute Gasteiger partial charge is 0.350 e. The van der Waals surface area contributed by atoms with Gasteiger partial charge in [0.1, 0.15) is 11.9 Å². The van der Waals surface area contributed by atoms with Gasteiger partial charge in [-0.05, 0) is 41.8 Å². The summed E-state index contributed by atoms with van der Waals surface area (Å²) in [7, 11) is 0. The SMILES string of the molecule is C[C@H](C(=O)NCc1ccccc1Cl)N(Cc1ccc(F)cc1)C(=O)Cc1ccccc1. The summed E-state index contributed by atoms with van der Waals surface area (Å²) in [5, 5.41) is 3.42. The van der Waals surface area contributed by atoms with Crippen LogP contribution in [0.15, 0.2) is 78.9 Å². The molecule has 0 bridgehead atoms. The molecule has 160 valence electrons. The van der Waals surface area contributed by atoms with Gasteiger partial charge < -0.3 is 10.2 Å². The highest BCUT2D eigenvalue weighted by molar-refractivity contribution is 6.31. The summed E-state index contributed by atoms with van der Waals surface area (Å²) in [5.74, 6) is -0.823. The molecule has 0 unspecified atom stereocenters. The molecule has 0 fully saturated rings. The van der Waals surface area contributed by atoms with Crippen LogP contribution < -0.4 is 5.32 Å². The van der Waals surface area contributed by atoms with E-state index < -0.39 is 6.04 Å². The molecule has 1 N–H and O–H groups in total. The Morgan fingerprint density at radius 2 is 1.58 bits per heavy atom. The van der Waals surface area contributed by atoms with Gasteiger partial charge in [-0.3, -0.25) is 9.59 Å². The lowest BCUT2D eigenvalue weighted by molar-refractivity contribution is -0.140. The zero-order valence-corrected chi connectivity index (χ0v) is 18.0. The van der Waals surface area contributed by atoms with Gasteiger partial charge in [-0.1, -0.05) is 72.3 Å². The Bertz CT molecular complexity index is 1030. The molecule has 0 saturated heterocycles. The van der Waals surface area contributed by atoms with Crippen LogP contribution >= 0.6 is 11.6 Å². The molecule has 1 atom stereocenters. The van der Waals surface area contributed by atoms with Crippen molar-refractivity contribution in [3.05, 3.63) is 106 Å². The zero-order valence-electron chi connectivity index (χ0n) is 17.2. The maximum atomic E-state index is 13.3. The average molecular weight is 439 g/mol. The first kappa shape index (κ1) is 22.5. The maximum Gasteiger partial charge on any atom is 0.242 e. The van der Waals surface area contributed by atoms with Gasteiger partial charge in [0, 0.05) is 18.1 Å². The third-order valence-corrected chi connectivity index (χ3v) is 5.41. The smallest absolute Gasteiger partial charge is 0.242 e. The van der Waals surface area contributed by atoms with Crippen LogP contribution in [-0.4, -0.2) is 22.8 Å². The zero-order chi connectivity index (χ0) is 22.2. The molecule has 0 radical (unpaired) electrons. The Hall–Kier alpha value is -3.18. The summed E-state index contributed by atoms with van der Waals surface area (Å²) in [6.07, 6.45) is 0.171. The normalized spacial score (nSPS) is 11.6. The van der Waals surface area contributed by atoms with E-state index in [4.69, 9.17) is 11.6 Å². The number of carbonyl (C=O) groups excluding carboxylic acids is 2. The predicted octanol–water partition coefficient (Wildman–Crippen LogP) is 4.76. The first-order chi connectivity index (χ1) is 14.9. The number of hydrogen-bond donors (Lipinski definition) is 1. The van der Waals surface area contributed by atoms with Crippen LogP contribution in [0, 0.1) is 5.82 Å². The van der Waals surface area contributed by atoms with Gasteiger partial charge >= 0.3 is 0 Å². The van der Waals surface area contributed by atoms with E-state index in [2.05, 4.69) is 5.32 Å². The third-order valence-electron chi connectivity index (χ3n) is 5.04. The Kier molecular flexibility index (Phi) is 7.79. The van der Waals surface area contributed by atoms with Gasteiger partial charge in [-0.2, -0.15) is 0 Å². The Labute approximate surface area is 186 Å². The van der Waals surface area contributed by atoms with Crippen LogP contribution in [0.1, 0.15) is 23.6 Å². The van der Waals surface area contributed by atoms with E-state index in [1.54, 1.807) is 25.1 Å². The minimum absolute atomic E-state index is 0.171. The Morgan fingerprint density at radius 3 is 2.26 bits per heavy atom. The number of rotatable bonds is 8. The molecule has 2 amide bonds. The predicted molar refractivity (Wildman–Crippen MR) is 120 cm³/mol. The number of nitrogens with zero attached hydrogens (tertiary/aromatic N) is 1. The lowest BCUT2D eigenvalue weighted by atomic mass is 10.1. The molecular weight excluding hydrogens is 415 g/mol. The van der Waals surface area contributed by atoms with E-state index >= 15 is 0 Å². The van der Waals surface area contributed by atoms with Crippen molar-refractivity contribution in [2.75, 3.05) is 0 Å². The van der Waals surface area contributed by atoms with Gasteiger partial charge in [0.25, 0.3) is 0 Å². The number of nitrogens with one attached hydrogen (secondary N) is 1. The summed E-state index contributed by atoms with van der Waals surface area (Å²) in [4.78, 5) is 27.5. The topological polar surface area (TPSA) is 49.4 Å². The fraction of sp³-hybridized carbons (Fsp3) is 0.200. The van der Waals surface area contributed by atoms with Crippen LogP contribution in [0.3, 0.4) is 0 Å². The van der Waals surface area contributed by atoms with Crippen molar-refractivity contribution in [2.24, 2.45) is 0 Å². The highest BCUT2D eigenvalue weighted by Crippen LogP contribution is 2.16. The summed E-state index contributed by atoms with van der Waals surface area (Å²) >= 11 is 6.16. The lowest BCUT2D eigenvalue weighted by Crippen LogP contribution is -2.48. The number of carbonyl (C=O) groups is 2. The number of hydrogen-bond acceptors (Lipinski definition) is 2. The standard InChI is InChI=1S/C25H24ClFN2O2/c1-18(25(31)28-16-21-9-5-6-10-23(21)26)29(17-20-11-13-22(27)14-12-20)24(30)15-19-7-3-2-4-8-19/h2-14,18H,15-17H2,1H3,(H,28,31)/t18-/m1/s1. The van der Waals surface area contributed by atoms with Crippen LogP contribution in [0.4, 0.5) is 4.39 Å². The molecule has 0 aliphatic heterocycles. The third kappa shape index (κ3) is 6.40. The van der Waals surface area contributed by atoms with Gasteiger partial charge in [-0.25, -0.2) is 4.39 Å². The van der Waals surface area contributed by atoms with Crippen molar-refractivity contribution in [1.82, 2.24) is 10.2 Å². The molecule has 0 saturated carbocycles. The fourth-order valence-electron chi connectivity index (χ4n) is 3.21. The summed E-state index contributed by atoms with van der Waals surface area (Å²) in [6, 6.07) is 21.8. The van der Waals surface area contributed by atoms with Crippen LogP contribution in [-0.2, 0) is 29.1 Å². The van der Waals surface area contributed by atoms with Crippen molar-refractivity contribution < 1.29 is 14.0 Å². The highest BCUT2D eigenvalue weighted by atomic mass is 35.5. The van der Waals surface area contributed by atoms with E-state index in [9.17, 15) is 14.0 Å². The van der Waals surface area contributed by atoms with E-state index in [1.807, 2.05) is 48.5 Å². The van der Waals surface area contributed by atoms with Crippen molar-refractivity contribution in [3.63, 3.8) is 0 Å². The molecule has 0 heterocycles. The molecular formula is C25H24ClFN2O2. The van der Waals surface area contributed by atoms with Crippen LogP contribution in [0.25, 0.3) is 0 Å². The molecule has 0 aliphatic carbocycles. The number of benzene rings is 3. The fourth-order valence-corrected chi connectivity index (χ4v) is 3.42. The number of amides is 2. The summed E-state index contributed by atoms with van der Waals surface area (Å²) in [5.41, 5.74) is 2.40. The van der Waals surface area contributed by atoms with E-state index in [-0.39, 0.29) is 37.1 Å². The van der Waals surface area contributed by atoms with E-state index in [1.165, 1.54) is 17.0 Å². The first-order valence-electron chi connectivity index (χ1n) is 10.0. The Balaban J connectivity index is 1.74. The molecule has 0 aliphatic rings. The van der Waals surface area contributed by atoms with E-state index in [0.29, 0.717) is 5.02 Å². The van der Waals surface area contributed by atoms with Crippen molar-refractivity contribution >= 4 is 23.4 Å². The molecule has 3 aromatic carbocycles. The molecule has 3 aromatic rings. The second-order valence-electron chi connectivity index (χ2n) is 7.30. The van der Waals surface area contributed by atoms with Crippen molar-refractivity contribution in [2.45, 2.75) is 32.5 Å². The molecule has 4 nitrogen and oxygen atoms in total. The van der Waals surface area contributed by atoms with E-state index in [0.717, 1.165) is 16.7 Å². The minimum Gasteiger partial charge on any atom is -0.350 e. The summed E-state index contributed by atoms with van der Waals surface area (Å²) < 4.78 is 13.3. The minimum atomic E-state index is -0.719. The lowest BCUT2D eigenvalue weighted by Gasteiger charge is -2.29. The molecule has 31 heavy (non-hydrogen) atoms. The molecule has 3 rings (SSSR count). The summed E-state index contributed by atoms with van der Waals surface area (Å²) in [6.45, 7) is 2.15. The van der Waals surface area contributed by atoms with Crippen LogP contribution in [0.5, 0.6) is 0 Å².